The van der Waals surface area contributed by atoms with Crippen LogP contribution in [-0.4, -0.2) is 25.9 Å². The van der Waals surface area contributed by atoms with Crippen molar-refractivity contribution in [3.8, 4) is 0 Å². The van der Waals surface area contributed by atoms with E-state index in [0.29, 0.717) is 0 Å². The third kappa shape index (κ3) is 3.33. The van der Waals surface area contributed by atoms with Gasteiger partial charge in [0, 0.05) is 17.9 Å². The quantitative estimate of drug-likeness (QED) is 0.831. The smallest absolute Gasteiger partial charge is 0.316 e. The average molecular weight is 256 g/mol. The minimum absolute atomic E-state index is 0.220. The maximum atomic E-state index is 12.1. The molecule has 0 fully saturated rings. The van der Waals surface area contributed by atoms with E-state index >= 15 is 0 Å². The summed E-state index contributed by atoms with van der Waals surface area (Å²) in [5.41, 5.74) is -0.597. The highest BCUT2D eigenvalue weighted by molar-refractivity contribution is 8.00. The summed E-state index contributed by atoms with van der Waals surface area (Å²) in [5, 5.41) is 8.34. The van der Waals surface area contributed by atoms with Gasteiger partial charge < -0.3 is 9.67 Å². The first-order valence-corrected chi connectivity index (χ1v) is 6.09. The Bertz CT molecular complexity index is 476. The van der Waals surface area contributed by atoms with Crippen LogP contribution in [0.25, 0.3) is 0 Å². The van der Waals surface area contributed by atoms with E-state index in [9.17, 15) is 9.59 Å². The number of aromatic nitrogens is 2. The van der Waals surface area contributed by atoms with Crippen LogP contribution >= 0.6 is 11.8 Å². The van der Waals surface area contributed by atoms with Gasteiger partial charge in [-0.25, -0.2) is 4.98 Å². The predicted molar refractivity (Wildman–Crippen MR) is 66.4 cm³/mol. The highest BCUT2D eigenvalue weighted by atomic mass is 32.2. The van der Waals surface area contributed by atoms with Crippen LogP contribution in [0.2, 0.25) is 0 Å². The topological polar surface area (TPSA) is 72.2 Å². The van der Waals surface area contributed by atoms with Gasteiger partial charge in [0.2, 0.25) is 0 Å². The van der Waals surface area contributed by atoms with Crippen molar-refractivity contribution in [3.63, 3.8) is 0 Å². The van der Waals surface area contributed by atoms with Crippen LogP contribution < -0.4 is 5.56 Å². The first kappa shape index (κ1) is 13.8. The molecule has 0 bridgehead atoms. The number of aliphatic carboxylic acids is 1. The SMILES string of the molecule is CC(Sc1nccn(C(C)(C)C)c1=O)C(=O)O. The Morgan fingerprint density at radius 1 is 1.53 bits per heavy atom. The van der Waals surface area contributed by atoms with Crippen molar-refractivity contribution in [2.24, 2.45) is 0 Å². The minimum Gasteiger partial charge on any atom is -0.480 e. The minimum atomic E-state index is -0.956. The van der Waals surface area contributed by atoms with Crippen LogP contribution in [0.3, 0.4) is 0 Å². The summed E-state index contributed by atoms with van der Waals surface area (Å²) in [6, 6.07) is 0. The second-order valence-electron chi connectivity index (χ2n) is 4.68. The molecular formula is C11H16N2O3S. The summed E-state index contributed by atoms with van der Waals surface area (Å²) in [5.74, 6) is -0.956. The van der Waals surface area contributed by atoms with Gasteiger partial charge in [0.15, 0.2) is 5.03 Å². The molecule has 0 aliphatic rings. The largest absolute Gasteiger partial charge is 0.480 e. The van der Waals surface area contributed by atoms with Gasteiger partial charge in [0.05, 0.1) is 0 Å². The van der Waals surface area contributed by atoms with Gasteiger partial charge in [-0.3, -0.25) is 9.59 Å². The molecule has 0 radical (unpaired) electrons. The molecule has 0 aromatic carbocycles. The van der Waals surface area contributed by atoms with Crippen molar-refractivity contribution in [3.05, 3.63) is 22.7 Å². The summed E-state index contributed by atoms with van der Waals surface area (Å²) in [4.78, 5) is 26.7. The average Bonchev–Trinajstić information content (AvgIpc) is 2.19. The molecule has 17 heavy (non-hydrogen) atoms. The fourth-order valence-electron chi connectivity index (χ4n) is 1.22. The lowest BCUT2D eigenvalue weighted by molar-refractivity contribution is -0.136. The number of nitrogens with zero attached hydrogens (tertiary/aromatic N) is 2. The van der Waals surface area contributed by atoms with Crippen molar-refractivity contribution in [1.29, 1.82) is 0 Å². The number of thioether (sulfide) groups is 1. The molecule has 1 atom stereocenters. The Morgan fingerprint density at radius 3 is 2.59 bits per heavy atom. The van der Waals surface area contributed by atoms with Crippen LogP contribution in [-0.2, 0) is 10.3 Å². The highest BCUT2D eigenvalue weighted by Crippen LogP contribution is 2.19. The first-order chi connectivity index (χ1) is 7.73. The van der Waals surface area contributed by atoms with Crippen LogP contribution in [0.1, 0.15) is 27.7 Å². The third-order valence-corrected chi connectivity index (χ3v) is 3.23. The molecule has 1 rings (SSSR count). The molecule has 0 amide bonds. The molecule has 0 saturated carbocycles. The van der Waals surface area contributed by atoms with E-state index in [0.717, 1.165) is 11.8 Å². The van der Waals surface area contributed by atoms with Gasteiger partial charge in [-0.15, -0.1) is 0 Å². The van der Waals surface area contributed by atoms with Gasteiger partial charge in [0.1, 0.15) is 5.25 Å². The molecule has 0 aliphatic heterocycles. The summed E-state index contributed by atoms with van der Waals surface area (Å²) in [7, 11) is 0. The zero-order chi connectivity index (χ0) is 13.2. The van der Waals surface area contributed by atoms with Gasteiger partial charge >= 0.3 is 5.97 Å². The Labute approximate surface area is 104 Å². The molecule has 0 saturated heterocycles. The number of rotatable bonds is 3. The molecule has 0 aliphatic carbocycles. The molecule has 1 heterocycles. The van der Waals surface area contributed by atoms with E-state index in [-0.39, 0.29) is 16.1 Å². The molecule has 1 aromatic rings. The van der Waals surface area contributed by atoms with Gasteiger partial charge in [-0.05, 0) is 27.7 Å². The zero-order valence-corrected chi connectivity index (χ0v) is 11.1. The number of carbonyl (C=O) groups is 1. The molecule has 0 spiro atoms. The second-order valence-corrected chi connectivity index (χ2v) is 6.01. The number of carboxylic acid groups (broad SMARTS) is 1. The van der Waals surface area contributed by atoms with E-state index in [1.165, 1.54) is 13.1 Å². The fraction of sp³-hybridized carbons (Fsp3) is 0.545. The summed E-state index contributed by atoms with van der Waals surface area (Å²) in [6.45, 7) is 7.25. The number of hydrogen-bond donors (Lipinski definition) is 1. The Hall–Kier alpha value is -1.30. The van der Waals surface area contributed by atoms with Crippen LogP contribution in [0, 0.1) is 0 Å². The lowest BCUT2D eigenvalue weighted by atomic mass is 10.1. The maximum Gasteiger partial charge on any atom is 0.316 e. The van der Waals surface area contributed by atoms with E-state index < -0.39 is 11.2 Å². The monoisotopic (exact) mass is 256 g/mol. The normalized spacial score (nSPS) is 13.4. The summed E-state index contributed by atoms with van der Waals surface area (Å²) < 4.78 is 1.55. The lowest BCUT2D eigenvalue weighted by Crippen LogP contribution is -2.35. The van der Waals surface area contributed by atoms with Crippen molar-refractivity contribution >= 4 is 17.7 Å². The molecular weight excluding hydrogens is 240 g/mol. The highest BCUT2D eigenvalue weighted by Gasteiger charge is 2.20. The zero-order valence-electron chi connectivity index (χ0n) is 10.3. The van der Waals surface area contributed by atoms with Crippen LogP contribution in [0.5, 0.6) is 0 Å². The lowest BCUT2D eigenvalue weighted by Gasteiger charge is -2.22. The first-order valence-electron chi connectivity index (χ1n) is 5.21. The molecule has 1 unspecified atom stereocenters. The standard InChI is InChI=1S/C11H16N2O3S/c1-7(10(15)16)17-8-9(14)13(6-5-12-8)11(2,3)4/h5-7H,1-4H3,(H,15,16). The Morgan fingerprint density at radius 2 is 2.12 bits per heavy atom. The van der Waals surface area contributed by atoms with E-state index in [2.05, 4.69) is 4.98 Å². The third-order valence-electron chi connectivity index (χ3n) is 2.17. The fourth-order valence-corrected chi connectivity index (χ4v) is 1.98. The maximum absolute atomic E-state index is 12.1. The summed E-state index contributed by atoms with van der Waals surface area (Å²) >= 11 is 0.965. The van der Waals surface area contributed by atoms with Gasteiger partial charge in [-0.1, -0.05) is 11.8 Å². The Balaban J connectivity index is 3.12. The second kappa shape index (κ2) is 4.91. The van der Waals surface area contributed by atoms with Crippen molar-refractivity contribution < 1.29 is 9.90 Å². The molecule has 5 nitrogen and oxygen atoms in total. The molecule has 1 aromatic heterocycles. The molecule has 6 heteroatoms. The van der Waals surface area contributed by atoms with Crippen molar-refractivity contribution in [1.82, 2.24) is 9.55 Å². The van der Waals surface area contributed by atoms with Crippen molar-refractivity contribution in [2.45, 2.75) is 43.5 Å². The van der Waals surface area contributed by atoms with E-state index in [1.54, 1.807) is 10.8 Å². The van der Waals surface area contributed by atoms with Crippen LogP contribution in [0.4, 0.5) is 0 Å². The Kier molecular flexibility index (Phi) is 3.98. The van der Waals surface area contributed by atoms with Crippen LogP contribution in [0.15, 0.2) is 22.2 Å². The number of carboxylic acids is 1. The summed E-state index contributed by atoms with van der Waals surface area (Å²) in [6.07, 6.45) is 3.13. The van der Waals surface area contributed by atoms with Gasteiger partial charge in [0.25, 0.3) is 5.56 Å². The molecule has 94 valence electrons. The van der Waals surface area contributed by atoms with E-state index in [1.807, 2.05) is 20.8 Å². The van der Waals surface area contributed by atoms with Gasteiger partial charge in [-0.2, -0.15) is 0 Å². The number of hydrogen-bond acceptors (Lipinski definition) is 4. The predicted octanol–water partition coefficient (Wildman–Crippen LogP) is 1.56. The molecule has 1 N–H and O–H groups in total. The van der Waals surface area contributed by atoms with E-state index in [4.69, 9.17) is 5.11 Å². The van der Waals surface area contributed by atoms with Crippen molar-refractivity contribution in [2.75, 3.05) is 0 Å².